The molecule has 0 atom stereocenters. The van der Waals surface area contributed by atoms with E-state index in [1.807, 2.05) is 0 Å². The SMILES string of the molecule is Cl.Cl.N=C(N)[S-].N=C(N)[S-].[Zn+2]. The summed E-state index contributed by atoms with van der Waals surface area (Å²) in [7, 11) is 0. The first kappa shape index (κ1) is 29.9. The number of hydrogen-bond acceptors (Lipinski definition) is 4. The van der Waals surface area contributed by atoms with E-state index in [0.29, 0.717) is 0 Å². The Labute approximate surface area is 102 Å². The van der Waals surface area contributed by atoms with Gasteiger partial charge in [-0.3, -0.25) is 0 Å². The average molecular weight is 289 g/mol. The summed E-state index contributed by atoms with van der Waals surface area (Å²) in [5.41, 5.74) is 9.02. The number of halogens is 2. The second-order valence-corrected chi connectivity index (χ2v) is 1.61. The van der Waals surface area contributed by atoms with Crippen molar-refractivity contribution in [2.45, 2.75) is 0 Å². The Morgan fingerprint density at radius 3 is 0.909 bits per heavy atom. The van der Waals surface area contributed by atoms with Crippen LogP contribution in [0.25, 0.3) is 0 Å². The Kier molecular flexibility index (Phi) is 61.0. The number of amidine groups is 2. The molecule has 9 heteroatoms. The second-order valence-electron chi connectivity index (χ2n) is 0.729. The molecule has 0 spiro atoms. The van der Waals surface area contributed by atoms with Crippen LogP contribution in [-0.2, 0) is 44.7 Å². The number of nitrogens with two attached hydrogens (primary N) is 2. The van der Waals surface area contributed by atoms with Crippen molar-refractivity contribution in [3.8, 4) is 0 Å². The summed E-state index contributed by atoms with van der Waals surface area (Å²) in [4.78, 5) is 0. The minimum absolute atomic E-state index is 0. The molecule has 0 aliphatic carbocycles. The summed E-state index contributed by atoms with van der Waals surface area (Å²) in [5, 5.41) is 11.7. The van der Waals surface area contributed by atoms with Gasteiger partial charge in [0.2, 0.25) is 0 Å². The summed E-state index contributed by atoms with van der Waals surface area (Å²) in [6.07, 6.45) is 0. The third kappa shape index (κ3) is 2290. The minimum Gasteiger partial charge on any atom is -0.744 e. The second kappa shape index (κ2) is 22.4. The number of rotatable bonds is 0. The largest absolute Gasteiger partial charge is 2.00 e. The van der Waals surface area contributed by atoms with E-state index in [1.54, 1.807) is 0 Å². The first-order chi connectivity index (χ1) is 3.46. The first-order valence-electron chi connectivity index (χ1n) is 1.49. The first-order valence-corrected chi connectivity index (χ1v) is 2.30. The van der Waals surface area contributed by atoms with Crippen LogP contribution in [0.2, 0.25) is 0 Å². The van der Waals surface area contributed by atoms with Crippen molar-refractivity contribution >= 4 is 60.4 Å². The van der Waals surface area contributed by atoms with Gasteiger partial charge in [-0.15, -0.1) is 24.8 Å². The molecule has 0 radical (unpaired) electrons. The maximum Gasteiger partial charge on any atom is 2.00 e. The zero-order valence-corrected chi connectivity index (χ0v) is 11.7. The molecule has 6 N–H and O–H groups in total. The molecule has 0 aromatic rings. The van der Waals surface area contributed by atoms with E-state index in [4.69, 9.17) is 10.8 Å². The molecular formula is C2H8Cl2N4S2Zn. The van der Waals surface area contributed by atoms with Gasteiger partial charge in [0.05, 0.1) is 0 Å². The smallest absolute Gasteiger partial charge is 0.744 e. The molecule has 0 aromatic heterocycles. The van der Waals surface area contributed by atoms with Gasteiger partial charge in [0.15, 0.2) is 0 Å². The Bertz CT molecular complexity index is 82.1. The van der Waals surface area contributed by atoms with Crippen LogP contribution in [0, 0.1) is 10.8 Å². The molecule has 0 bridgehead atoms. The molecule has 0 amide bonds. The third-order valence-electron chi connectivity index (χ3n) is 0. The summed E-state index contributed by atoms with van der Waals surface area (Å²) in [5.74, 6) is 0. The average Bonchev–Trinajstić information content (AvgIpc) is 1.25. The van der Waals surface area contributed by atoms with Crippen LogP contribution in [-0.4, -0.2) is 10.3 Å². The van der Waals surface area contributed by atoms with E-state index in [2.05, 4.69) is 36.7 Å². The van der Waals surface area contributed by atoms with Gasteiger partial charge in [-0.25, -0.2) is 0 Å². The van der Waals surface area contributed by atoms with Crippen molar-refractivity contribution < 1.29 is 19.5 Å². The van der Waals surface area contributed by atoms with Crippen molar-refractivity contribution in [2.75, 3.05) is 0 Å². The van der Waals surface area contributed by atoms with Crippen LogP contribution >= 0.6 is 24.8 Å². The Morgan fingerprint density at radius 2 is 0.909 bits per heavy atom. The van der Waals surface area contributed by atoms with Crippen LogP contribution in [0.4, 0.5) is 0 Å². The van der Waals surface area contributed by atoms with Crippen molar-refractivity contribution in [1.29, 1.82) is 10.8 Å². The standard InChI is InChI=1S/2CH4N2S.2ClH.Zn/c2*2-1(3)4;;;/h2*(H4,2,3,4);2*1H;/q;;;;+2/p-2. The maximum absolute atomic E-state index is 6.09. The van der Waals surface area contributed by atoms with Gasteiger partial charge in [0.1, 0.15) is 0 Å². The molecule has 0 unspecified atom stereocenters. The Hall–Kier alpha value is 0.583. The van der Waals surface area contributed by atoms with Crippen LogP contribution in [0.15, 0.2) is 0 Å². The maximum atomic E-state index is 6.09. The van der Waals surface area contributed by atoms with E-state index in [1.165, 1.54) is 0 Å². The molecule has 0 saturated carbocycles. The summed E-state index contributed by atoms with van der Waals surface area (Å²) in [6.45, 7) is 0. The number of hydrogen-bond donors (Lipinski definition) is 4. The molecule has 0 heterocycles. The van der Waals surface area contributed by atoms with E-state index < -0.39 is 0 Å². The Balaban J connectivity index is -0.0000000171. The Morgan fingerprint density at radius 1 is 0.909 bits per heavy atom. The van der Waals surface area contributed by atoms with Crippen molar-refractivity contribution in [3.05, 3.63) is 0 Å². The fraction of sp³-hybridized carbons (Fsp3) is 0. The molecule has 0 rings (SSSR count). The van der Waals surface area contributed by atoms with Crippen LogP contribution in [0.3, 0.4) is 0 Å². The zero-order chi connectivity index (χ0) is 7.15. The van der Waals surface area contributed by atoms with E-state index in [0.717, 1.165) is 0 Å². The van der Waals surface area contributed by atoms with Crippen LogP contribution < -0.4 is 11.5 Å². The third-order valence-corrected chi connectivity index (χ3v) is 0. The topological polar surface area (TPSA) is 99.7 Å². The summed E-state index contributed by atoms with van der Waals surface area (Å²) < 4.78 is 0. The van der Waals surface area contributed by atoms with Gasteiger partial charge in [0, 0.05) is 0 Å². The van der Waals surface area contributed by atoms with Gasteiger partial charge >= 0.3 is 19.5 Å². The minimum atomic E-state index is -0.250. The summed E-state index contributed by atoms with van der Waals surface area (Å²) in [6, 6.07) is 0. The predicted molar refractivity (Wildman–Crippen MR) is 53.1 cm³/mol. The zero-order valence-electron chi connectivity index (χ0n) is 5.49. The number of nitrogens with one attached hydrogen (secondary N) is 2. The molecule has 11 heavy (non-hydrogen) atoms. The normalized spacial score (nSPS) is 4.36. The monoisotopic (exact) mass is 286 g/mol. The fourth-order valence-electron chi connectivity index (χ4n) is 0. The molecule has 0 aromatic carbocycles. The van der Waals surface area contributed by atoms with E-state index >= 15 is 0 Å². The van der Waals surface area contributed by atoms with Crippen LogP contribution in [0.1, 0.15) is 0 Å². The molecular weight excluding hydrogens is 280 g/mol. The van der Waals surface area contributed by atoms with Crippen molar-refractivity contribution in [3.63, 3.8) is 0 Å². The van der Waals surface area contributed by atoms with Crippen LogP contribution in [0.5, 0.6) is 0 Å². The van der Waals surface area contributed by atoms with Gasteiger partial charge in [-0.1, -0.05) is 0 Å². The molecule has 0 fully saturated rings. The van der Waals surface area contributed by atoms with Gasteiger partial charge in [-0.05, 0) is 10.3 Å². The van der Waals surface area contributed by atoms with Gasteiger partial charge in [0.25, 0.3) is 0 Å². The molecule has 0 aliphatic rings. The van der Waals surface area contributed by atoms with E-state index in [-0.39, 0.29) is 54.6 Å². The quantitative estimate of drug-likeness (QED) is 0.213. The predicted octanol–water partition coefficient (Wildman–Crippen LogP) is -0.305. The van der Waals surface area contributed by atoms with Gasteiger partial charge < -0.3 is 47.5 Å². The molecule has 64 valence electrons. The van der Waals surface area contributed by atoms with Crippen molar-refractivity contribution in [1.82, 2.24) is 0 Å². The molecule has 0 saturated heterocycles. The molecule has 4 nitrogen and oxygen atoms in total. The van der Waals surface area contributed by atoms with E-state index in [9.17, 15) is 0 Å². The fourth-order valence-corrected chi connectivity index (χ4v) is 0. The van der Waals surface area contributed by atoms with Gasteiger partial charge in [-0.2, -0.15) is 0 Å². The summed E-state index contributed by atoms with van der Waals surface area (Å²) >= 11 is 7.96. The molecule has 0 aliphatic heterocycles. The van der Waals surface area contributed by atoms with Crippen molar-refractivity contribution in [2.24, 2.45) is 11.5 Å².